The first-order chi connectivity index (χ1) is 14.2. The van der Waals surface area contributed by atoms with Gasteiger partial charge in [-0.2, -0.15) is 0 Å². The van der Waals surface area contributed by atoms with E-state index in [1.165, 1.54) is 11.1 Å². The molecule has 0 aliphatic carbocycles. The first kappa shape index (κ1) is 19.7. The molecular weight excluding hydrogens is 358 g/mol. The second kappa shape index (κ2) is 9.25. The Morgan fingerprint density at radius 3 is 2.59 bits per heavy atom. The van der Waals surface area contributed by atoms with Crippen LogP contribution in [0.5, 0.6) is 0 Å². The SMILES string of the molecule is CNC(C)CCNc1cc(-c2ccc(N3CCNCC3)cc2)nc2ccccc12. The summed E-state index contributed by atoms with van der Waals surface area (Å²) in [7, 11) is 2.01. The number of anilines is 2. The van der Waals surface area contributed by atoms with Crippen LogP contribution in [-0.4, -0.2) is 50.8 Å². The van der Waals surface area contributed by atoms with E-state index in [0.29, 0.717) is 6.04 Å². The third-order valence-corrected chi connectivity index (χ3v) is 5.75. The molecule has 0 saturated carbocycles. The highest BCUT2D eigenvalue weighted by Crippen LogP contribution is 2.29. The number of piperazine rings is 1. The van der Waals surface area contributed by atoms with E-state index < -0.39 is 0 Å². The molecule has 0 amide bonds. The highest BCUT2D eigenvalue weighted by atomic mass is 15.2. The van der Waals surface area contributed by atoms with Crippen LogP contribution in [0.25, 0.3) is 22.2 Å². The largest absolute Gasteiger partial charge is 0.384 e. The fraction of sp³-hybridized carbons (Fsp3) is 0.375. The number of pyridine rings is 1. The molecule has 5 heteroatoms. The average Bonchev–Trinajstić information content (AvgIpc) is 2.79. The van der Waals surface area contributed by atoms with Crippen LogP contribution in [0.3, 0.4) is 0 Å². The topological polar surface area (TPSA) is 52.2 Å². The summed E-state index contributed by atoms with van der Waals surface area (Å²) in [6.07, 6.45) is 1.07. The maximum atomic E-state index is 4.93. The second-order valence-electron chi connectivity index (χ2n) is 7.76. The Kier molecular flexibility index (Phi) is 6.27. The van der Waals surface area contributed by atoms with Gasteiger partial charge in [0.2, 0.25) is 0 Å². The Morgan fingerprint density at radius 1 is 1.07 bits per heavy atom. The molecule has 1 unspecified atom stereocenters. The lowest BCUT2D eigenvalue weighted by Crippen LogP contribution is -2.43. The highest BCUT2D eigenvalue weighted by Gasteiger charge is 2.12. The normalized spacial score (nSPS) is 15.4. The van der Waals surface area contributed by atoms with Crippen molar-refractivity contribution in [1.82, 2.24) is 15.6 Å². The fourth-order valence-electron chi connectivity index (χ4n) is 3.80. The number of nitrogens with one attached hydrogen (secondary N) is 3. The summed E-state index contributed by atoms with van der Waals surface area (Å²) in [5.74, 6) is 0. The number of hydrogen-bond acceptors (Lipinski definition) is 5. The number of aromatic nitrogens is 1. The zero-order chi connectivity index (χ0) is 20.1. The Bertz CT molecular complexity index is 932. The molecule has 0 radical (unpaired) electrons. The van der Waals surface area contributed by atoms with Crippen LogP contribution in [0.15, 0.2) is 54.6 Å². The van der Waals surface area contributed by atoms with Gasteiger partial charge in [0.05, 0.1) is 11.2 Å². The molecule has 2 aromatic carbocycles. The summed E-state index contributed by atoms with van der Waals surface area (Å²) in [6, 6.07) is 19.9. The first-order valence-corrected chi connectivity index (χ1v) is 10.6. The molecule has 1 aromatic heterocycles. The number of hydrogen-bond donors (Lipinski definition) is 3. The van der Waals surface area contributed by atoms with Crippen molar-refractivity contribution in [3.05, 3.63) is 54.6 Å². The van der Waals surface area contributed by atoms with Gasteiger partial charge in [-0.25, -0.2) is 4.98 Å². The third kappa shape index (κ3) is 4.69. The van der Waals surface area contributed by atoms with Crippen molar-refractivity contribution in [2.24, 2.45) is 0 Å². The van der Waals surface area contributed by atoms with Gasteiger partial charge in [0.1, 0.15) is 0 Å². The molecule has 1 aliphatic heterocycles. The van der Waals surface area contributed by atoms with Gasteiger partial charge in [-0.3, -0.25) is 0 Å². The molecule has 0 bridgehead atoms. The van der Waals surface area contributed by atoms with E-state index in [1.54, 1.807) is 0 Å². The van der Waals surface area contributed by atoms with Gasteiger partial charge in [-0.05, 0) is 44.7 Å². The fourth-order valence-corrected chi connectivity index (χ4v) is 3.80. The predicted octanol–water partition coefficient (Wildman–Crippen LogP) is 3.72. The lowest BCUT2D eigenvalue weighted by molar-refractivity contribution is 0.580. The standard InChI is InChI=1S/C24H31N5/c1-18(25-2)11-12-27-24-17-23(28-22-6-4-3-5-21(22)24)19-7-9-20(10-8-19)29-15-13-26-14-16-29/h3-10,17-18,25-26H,11-16H2,1-2H3,(H,27,28). The molecule has 0 spiro atoms. The lowest BCUT2D eigenvalue weighted by Gasteiger charge is -2.29. The van der Waals surface area contributed by atoms with Crippen molar-refractivity contribution in [3.63, 3.8) is 0 Å². The van der Waals surface area contributed by atoms with E-state index in [-0.39, 0.29) is 0 Å². The van der Waals surface area contributed by atoms with E-state index >= 15 is 0 Å². The van der Waals surface area contributed by atoms with E-state index in [0.717, 1.165) is 61.6 Å². The number of benzene rings is 2. The Balaban J connectivity index is 1.59. The molecule has 5 nitrogen and oxygen atoms in total. The molecule has 1 aliphatic rings. The Morgan fingerprint density at radius 2 is 1.83 bits per heavy atom. The summed E-state index contributed by atoms with van der Waals surface area (Å²) in [5, 5.41) is 11.5. The molecule has 1 fully saturated rings. The quantitative estimate of drug-likeness (QED) is 0.575. The van der Waals surface area contributed by atoms with Crippen molar-refractivity contribution in [2.75, 3.05) is 50.0 Å². The molecule has 3 aromatic rings. The van der Waals surface area contributed by atoms with Crippen LogP contribution in [0.4, 0.5) is 11.4 Å². The van der Waals surface area contributed by atoms with Gasteiger partial charge >= 0.3 is 0 Å². The van der Waals surface area contributed by atoms with E-state index in [2.05, 4.69) is 82.4 Å². The van der Waals surface area contributed by atoms with Gasteiger partial charge in [-0.1, -0.05) is 30.3 Å². The van der Waals surface area contributed by atoms with Crippen molar-refractivity contribution in [2.45, 2.75) is 19.4 Å². The van der Waals surface area contributed by atoms with Crippen molar-refractivity contribution >= 4 is 22.3 Å². The number of fused-ring (bicyclic) bond motifs is 1. The molecular formula is C24H31N5. The van der Waals surface area contributed by atoms with Crippen molar-refractivity contribution in [3.8, 4) is 11.3 Å². The molecule has 1 atom stereocenters. The first-order valence-electron chi connectivity index (χ1n) is 10.6. The minimum atomic E-state index is 0.493. The maximum absolute atomic E-state index is 4.93. The van der Waals surface area contributed by atoms with Crippen LogP contribution in [0.1, 0.15) is 13.3 Å². The molecule has 1 saturated heterocycles. The van der Waals surface area contributed by atoms with Crippen LogP contribution < -0.4 is 20.9 Å². The average molecular weight is 390 g/mol. The van der Waals surface area contributed by atoms with Crippen LogP contribution in [0.2, 0.25) is 0 Å². The van der Waals surface area contributed by atoms with E-state index in [9.17, 15) is 0 Å². The maximum Gasteiger partial charge on any atom is 0.0730 e. The van der Waals surface area contributed by atoms with Gasteiger partial charge in [0, 0.05) is 61.1 Å². The number of rotatable bonds is 7. The molecule has 4 rings (SSSR count). The summed E-state index contributed by atoms with van der Waals surface area (Å²) in [5.41, 5.74) is 5.64. The van der Waals surface area contributed by atoms with Gasteiger partial charge in [0.25, 0.3) is 0 Å². The predicted molar refractivity (Wildman–Crippen MR) is 124 cm³/mol. The van der Waals surface area contributed by atoms with Crippen LogP contribution >= 0.6 is 0 Å². The third-order valence-electron chi connectivity index (χ3n) is 5.75. The highest BCUT2D eigenvalue weighted by molar-refractivity contribution is 5.93. The van der Waals surface area contributed by atoms with Gasteiger partial charge in [0.15, 0.2) is 0 Å². The Hall–Kier alpha value is -2.63. The number of para-hydroxylation sites is 1. The zero-order valence-corrected chi connectivity index (χ0v) is 17.4. The van der Waals surface area contributed by atoms with Crippen molar-refractivity contribution in [1.29, 1.82) is 0 Å². The monoisotopic (exact) mass is 389 g/mol. The van der Waals surface area contributed by atoms with E-state index in [1.807, 2.05) is 7.05 Å². The molecule has 29 heavy (non-hydrogen) atoms. The van der Waals surface area contributed by atoms with Gasteiger partial charge in [-0.15, -0.1) is 0 Å². The summed E-state index contributed by atoms with van der Waals surface area (Å²) in [6.45, 7) is 7.36. The van der Waals surface area contributed by atoms with Crippen molar-refractivity contribution < 1.29 is 0 Å². The van der Waals surface area contributed by atoms with E-state index in [4.69, 9.17) is 4.98 Å². The second-order valence-corrected chi connectivity index (χ2v) is 7.76. The minimum absolute atomic E-state index is 0.493. The summed E-state index contributed by atoms with van der Waals surface area (Å²) < 4.78 is 0. The number of nitrogens with zero attached hydrogens (tertiary/aromatic N) is 2. The van der Waals surface area contributed by atoms with Gasteiger partial charge < -0.3 is 20.9 Å². The molecule has 2 heterocycles. The summed E-state index contributed by atoms with van der Waals surface area (Å²) >= 11 is 0. The smallest absolute Gasteiger partial charge is 0.0730 e. The summed E-state index contributed by atoms with van der Waals surface area (Å²) in [4.78, 5) is 7.37. The zero-order valence-electron chi connectivity index (χ0n) is 17.4. The minimum Gasteiger partial charge on any atom is -0.384 e. The van der Waals surface area contributed by atoms with Crippen LogP contribution in [0, 0.1) is 0 Å². The Labute approximate surface area is 173 Å². The van der Waals surface area contributed by atoms with Crippen LogP contribution in [-0.2, 0) is 0 Å². The molecule has 152 valence electrons. The lowest BCUT2D eigenvalue weighted by atomic mass is 10.1. The molecule has 3 N–H and O–H groups in total.